The summed E-state index contributed by atoms with van der Waals surface area (Å²) in [5, 5.41) is -9.58. The smallest absolute Gasteiger partial charge is 0.198 e. The van der Waals surface area contributed by atoms with Crippen LogP contribution < -0.4 is 4.13 Å². The summed E-state index contributed by atoms with van der Waals surface area (Å²) >= 11 is -1.44. The molecule has 0 unspecified atom stereocenters. The van der Waals surface area contributed by atoms with Crippen LogP contribution in [0.4, 0.5) is 26.3 Å². The zero-order chi connectivity index (χ0) is 9.62. The summed E-state index contributed by atoms with van der Waals surface area (Å²) in [6, 6.07) is 0. The number of nitrogens with one attached hydrogen (secondary N) is 1. The van der Waals surface area contributed by atoms with Gasteiger partial charge in [-0.1, -0.05) is 0 Å². The summed E-state index contributed by atoms with van der Waals surface area (Å²) in [5.41, 5.74) is 0. The van der Waals surface area contributed by atoms with Crippen LogP contribution in [0.5, 0.6) is 0 Å². The molecule has 12 heavy (non-hydrogen) atoms. The van der Waals surface area contributed by atoms with Crippen molar-refractivity contribution in [2.75, 3.05) is 0 Å². The van der Waals surface area contributed by atoms with Crippen LogP contribution in [0.25, 0.3) is 0 Å². The van der Waals surface area contributed by atoms with Gasteiger partial charge in [0.15, 0.2) is 0 Å². The topological polar surface area (TPSA) is 12.0 Å². The lowest BCUT2D eigenvalue weighted by molar-refractivity contribution is -0.239. The highest BCUT2D eigenvalue weighted by Crippen LogP contribution is 2.58. The Bertz CT molecular complexity index is 175. The molecule has 1 fully saturated rings. The minimum atomic E-state index is -5.33. The van der Waals surface area contributed by atoms with Gasteiger partial charge in [-0.05, 0) is 0 Å². The van der Waals surface area contributed by atoms with Crippen LogP contribution in [-0.2, 0) is 0 Å². The second-order valence-electron chi connectivity index (χ2n) is 1.90. The highest BCUT2D eigenvalue weighted by Gasteiger charge is 2.75. The fraction of sp³-hybridized carbons (Fsp3) is 1.00. The molecule has 0 aromatic rings. The summed E-state index contributed by atoms with van der Waals surface area (Å²) in [4.78, 5) is 0. The van der Waals surface area contributed by atoms with Gasteiger partial charge in [-0.2, -0.15) is 30.5 Å². The molecule has 0 saturated carbocycles. The van der Waals surface area contributed by atoms with Crippen molar-refractivity contribution in [3.63, 3.8) is 0 Å². The fourth-order valence-electron chi connectivity index (χ4n) is 0.423. The fourth-order valence-corrected chi connectivity index (χ4v) is 2.00. The molecule has 1 saturated heterocycles. The van der Waals surface area contributed by atoms with Gasteiger partial charge in [-0.3, -0.25) is 0 Å². The molecule has 0 radical (unpaired) electrons. The van der Waals surface area contributed by atoms with E-state index < -0.39 is 40.3 Å². The molecule has 1 rings (SSSR count). The van der Waals surface area contributed by atoms with Crippen LogP contribution in [0, 0.1) is 0 Å². The van der Waals surface area contributed by atoms with Gasteiger partial charge in [0.2, 0.25) is 0 Å². The molecular weight excluding hydrogens is 228 g/mol. The first kappa shape index (κ1) is 10.3. The van der Waals surface area contributed by atoms with Gasteiger partial charge in [0, 0.05) is 23.9 Å². The van der Waals surface area contributed by atoms with Crippen molar-refractivity contribution in [2.24, 2.45) is 0 Å². The molecular formula is C3HF6NS2. The predicted octanol–water partition coefficient (Wildman–Crippen LogP) is 2.71. The van der Waals surface area contributed by atoms with Crippen molar-refractivity contribution in [2.45, 2.75) is 16.4 Å². The summed E-state index contributed by atoms with van der Waals surface area (Å²) in [6.07, 6.45) is 0. The summed E-state index contributed by atoms with van der Waals surface area (Å²) < 4.78 is 74.3. The molecule has 0 aliphatic carbocycles. The van der Waals surface area contributed by atoms with E-state index in [4.69, 9.17) is 0 Å². The van der Waals surface area contributed by atoms with Gasteiger partial charge < -0.3 is 0 Å². The lowest BCUT2D eigenvalue weighted by atomic mass is 10.3. The molecule has 1 nitrogen and oxygen atoms in total. The van der Waals surface area contributed by atoms with Crippen molar-refractivity contribution in [3.8, 4) is 0 Å². The Morgan fingerprint density at radius 3 is 1.33 bits per heavy atom. The van der Waals surface area contributed by atoms with Crippen LogP contribution in [0.3, 0.4) is 0 Å². The molecule has 0 bridgehead atoms. The molecule has 0 amide bonds. The molecule has 0 spiro atoms. The molecule has 1 aliphatic heterocycles. The lowest BCUT2D eigenvalue weighted by Gasteiger charge is -2.35. The monoisotopic (exact) mass is 229 g/mol. The molecule has 1 N–H and O–H groups in total. The van der Waals surface area contributed by atoms with Crippen molar-refractivity contribution < 1.29 is 26.3 Å². The van der Waals surface area contributed by atoms with Crippen LogP contribution >= 0.6 is 23.9 Å². The van der Waals surface area contributed by atoms with Crippen molar-refractivity contribution in [3.05, 3.63) is 0 Å². The summed E-state index contributed by atoms with van der Waals surface area (Å²) in [6.45, 7) is 0. The maximum atomic E-state index is 12.2. The van der Waals surface area contributed by atoms with Crippen molar-refractivity contribution in [1.29, 1.82) is 0 Å². The van der Waals surface area contributed by atoms with Gasteiger partial charge in [0.25, 0.3) is 0 Å². The van der Waals surface area contributed by atoms with Crippen molar-refractivity contribution >= 4 is 23.9 Å². The Morgan fingerprint density at radius 2 is 1.08 bits per heavy atom. The van der Waals surface area contributed by atoms with Gasteiger partial charge in [0.05, 0.1) is 0 Å². The standard InChI is InChI=1S/C3HF6NS2/c4-1(5)2(6,7)11-10-12-3(1,8)9/h10H. The van der Waals surface area contributed by atoms with E-state index in [2.05, 4.69) is 0 Å². The van der Waals surface area contributed by atoms with Crippen LogP contribution in [0.15, 0.2) is 0 Å². The van der Waals surface area contributed by atoms with E-state index >= 15 is 0 Å². The molecule has 0 aromatic carbocycles. The van der Waals surface area contributed by atoms with Crippen molar-refractivity contribution in [1.82, 2.24) is 4.13 Å². The molecule has 1 heterocycles. The zero-order valence-corrected chi connectivity index (χ0v) is 6.72. The second kappa shape index (κ2) is 2.61. The van der Waals surface area contributed by atoms with Gasteiger partial charge >= 0.3 is 16.4 Å². The first-order valence-corrected chi connectivity index (χ1v) is 4.08. The quantitative estimate of drug-likeness (QED) is 0.506. The first-order valence-electron chi connectivity index (χ1n) is 2.45. The van der Waals surface area contributed by atoms with Crippen LogP contribution in [0.2, 0.25) is 0 Å². The van der Waals surface area contributed by atoms with E-state index in [1.807, 2.05) is 0 Å². The Kier molecular flexibility index (Phi) is 2.25. The molecule has 0 aromatic heterocycles. The van der Waals surface area contributed by atoms with E-state index in [-0.39, 0.29) is 0 Å². The third-order valence-corrected chi connectivity index (χ3v) is 2.76. The largest absolute Gasteiger partial charge is 0.394 e. The second-order valence-corrected chi connectivity index (χ2v) is 4.00. The van der Waals surface area contributed by atoms with E-state index in [1.165, 1.54) is 4.13 Å². The third-order valence-electron chi connectivity index (χ3n) is 1.07. The number of hydrogen-bond acceptors (Lipinski definition) is 3. The Morgan fingerprint density at radius 1 is 0.750 bits per heavy atom. The zero-order valence-electron chi connectivity index (χ0n) is 5.08. The lowest BCUT2D eigenvalue weighted by Crippen LogP contribution is -2.55. The van der Waals surface area contributed by atoms with Crippen LogP contribution in [0.1, 0.15) is 0 Å². The Hall–Kier alpha value is 0.240. The summed E-state index contributed by atoms with van der Waals surface area (Å²) in [5.74, 6) is -5.33. The SMILES string of the molecule is FC1(F)SNSC(F)(F)C1(F)F. The minimum absolute atomic E-state index is 0.721. The maximum absolute atomic E-state index is 12.2. The molecule has 72 valence electrons. The van der Waals surface area contributed by atoms with Gasteiger partial charge in [-0.15, -0.1) is 0 Å². The first-order chi connectivity index (χ1) is 5.21. The number of hydrogen-bond donors (Lipinski definition) is 1. The highest BCUT2D eigenvalue weighted by atomic mass is 32.2. The van der Waals surface area contributed by atoms with E-state index in [9.17, 15) is 26.3 Å². The number of alkyl halides is 6. The van der Waals surface area contributed by atoms with E-state index in [1.54, 1.807) is 0 Å². The van der Waals surface area contributed by atoms with Crippen LogP contribution in [-0.4, -0.2) is 16.4 Å². The van der Waals surface area contributed by atoms with Gasteiger partial charge in [0.1, 0.15) is 0 Å². The van der Waals surface area contributed by atoms with E-state index in [0.29, 0.717) is 0 Å². The van der Waals surface area contributed by atoms with Gasteiger partial charge in [-0.25, -0.2) is 0 Å². The Balaban J connectivity index is 2.99. The molecule has 1 aliphatic rings. The minimum Gasteiger partial charge on any atom is -0.198 e. The average Bonchev–Trinajstić information content (AvgIpc) is 1.83. The molecule has 9 heteroatoms. The predicted molar refractivity (Wildman–Crippen MR) is 33.2 cm³/mol. The molecule has 0 atom stereocenters. The summed E-state index contributed by atoms with van der Waals surface area (Å²) in [7, 11) is 0. The number of rotatable bonds is 0. The normalized spacial score (nSPS) is 31.5. The van der Waals surface area contributed by atoms with E-state index in [0.717, 1.165) is 0 Å². The third kappa shape index (κ3) is 1.27. The highest BCUT2D eigenvalue weighted by molar-refractivity contribution is 8.14. The Labute approximate surface area is 71.5 Å². The average molecular weight is 229 g/mol. The maximum Gasteiger partial charge on any atom is 0.394 e. The number of halogens is 6.